The van der Waals surface area contributed by atoms with E-state index in [1.165, 1.54) is 122 Å². The average molecular weight is 638 g/mol. The molecule has 1 atom stereocenters. The van der Waals surface area contributed by atoms with Gasteiger partial charge in [-0.25, -0.2) is 0 Å². The lowest BCUT2D eigenvalue weighted by Gasteiger charge is -2.19. The molecule has 0 heterocycles. The number of carbonyl (C=O) groups excluding carboxylic acids is 2. The van der Waals surface area contributed by atoms with Gasteiger partial charge in [0.15, 0.2) is 0 Å². The Bertz CT molecular complexity index is 626. The van der Waals surface area contributed by atoms with Crippen molar-refractivity contribution in [2.24, 2.45) is 5.92 Å². The van der Waals surface area contributed by atoms with Gasteiger partial charge >= 0.3 is 11.9 Å². The summed E-state index contributed by atoms with van der Waals surface area (Å²) in [4.78, 5) is 27.4. The Morgan fingerprint density at radius 2 is 0.889 bits per heavy atom. The van der Waals surface area contributed by atoms with Gasteiger partial charge in [0, 0.05) is 12.8 Å². The van der Waals surface area contributed by atoms with Crippen LogP contribution in [0.4, 0.5) is 0 Å². The Hall–Kier alpha value is -1.10. The Morgan fingerprint density at radius 1 is 0.489 bits per heavy atom. The van der Waals surface area contributed by atoms with Crippen molar-refractivity contribution in [2.75, 3.05) is 27.2 Å². The molecule has 1 unspecified atom stereocenters. The minimum atomic E-state index is -0.312. The standard InChI is InChI=1S/C40H79NO4/c1-6-9-12-15-16-17-18-19-20-24-32-38(45-40(43)34-25-21-28-35-41(4)5)36-44-39(42)33-27-26-31-37(29-22-13-10-7-2)30-23-14-11-8-3/h37-38H,6-36H2,1-5H3. The molecule has 268 valence electrons. The average Bonchev–Trinajstić information content (AvgIpc) is 3.02. The molecule has 45 heavy (non-hydrogen) atoms. The van der Waals surface area contributed by atoms with E-state index in [1.807, 2.05) is 0 Å². The van der Waals surface area contributed by atoms with Crippen LogP contribution in [-0.4, -0.2) is 50.2 Å². The highest BCUT2D eigenvalue weighted by molar-refractivity contribution is 5.70. The van der Waals surface area contributed by atoms with Crippen molar-refractivity contribution in [3.05, 3.63) is 0 Å². The van der Waals surface area contributed by atoms with E-state index < -0.39 is 0 Å². The van der Waals surface area contributed by atoms with E-state index in [2.05, 4.69) is 39.8 Å². The van der Waals surface area contributed by atoms with E-state index in [0.717, 1.165) is 63.8 Å². The number of hydrogen-bond donors (Lipinski definition) is 0. The number of rotatable bonds is 35. The maximum atomic E-state index is 12.6. The zero-order chi connectivity index (χ0) is 33.2. The van der Waals surface area contributed by atoms with Crippen LogP contribution >= 0.6 is 0 Å². The molecule has 0 radical (unpaired) electrons. The Labute approximate surface area is 281 Å². The Balaban J connectivity index is 4.49. The lowest BCUT2D eigenvalue weighted by Crippen LogP contribution is -2.25. The predicted molar refractivity (Wildman–Crippen MR) is 194 cm³/mol. The molecule has 0 spiro atoms. The molecule has 0 saturated carbocycles. The lowest BCUT2D eigenvalue weighted by molar-refractivity contribution is -0.159. The SMILES string of the molecule is CCCCCCCCCCCCC(COC(=O)CCCCC(CCCCCC)CCCCCC)OC(=O)CCCCCN(C)C. The summed E-state index contributed by atoms with van der Waals surface area (Å²) in [7, 11) is 4.16. The number of hydrogen-bond acceptors (Lipinski definition) is 5. The molecule has 0 bridgehead atoms. The largest absolute Gasteiger partial charge is 0.462 e. The zero-order valence-electron chi connectivity index (χ0n) is 31.2. The fourth-order valence-corrected chi connectivity index (χ4v) is 6.27. The summed E-state index contributed by atoms with van der Waals surface area (Å²) in [6.07, 6.45) is 33.8. The summed E-state index contributed by atoms with van der Waals surface area (Å²) in [5.41, 5.74) is 0. The van der Waals surface area contributed by atoms with E-state index in [-0.39, 0.29) is 24.6 Å². The van der Waals surface area contributed by atoms with Crippen molar-refractivity contribution in [1.82, 2.24) is 4.90 Å². The molecular weight excluding hydrogens is 558 g/mol. The van der Waals surface area contributed by atoms with Crippen LogP contribution in [0.3, 0.4) is 0 Å². The summed E-state index contributed by atoms with van der Waals surface area (Å²) in [5, 5.41) is 0. The summed E-state index contributed by atoms with van der Waals surface area (Å²) in [6, 6.07) is 0. The molecule has 0 aliphatic heterocycles. The molecule has 0 saturated heterocycles. The van der Waals surface area contributed by atoms with Gasteiger partial charge in [0.25, 0.3) is 0 Å². The highest BCUT2D eigenvalue weighted by Crippen LogP contribution is 2.24. The van der Waals surface area contributed by atoms with Crippen LogP contribution in [0.1, 0.15) is 207 Å². The molecule has 0 aromatic rings. The van der Waals surface area contributed by atoms with Crippen molar-refractivity contribution < 1.29 is 19.1 Å². The first-order valence-corrected chi connectivity index (χ1v) is 19.9. The predicted octanol–water partition coefficient (Wildman–Crippen LogP) is 12.0. The Morgan fingerprint density at radius 3 is 1.42 bits per heavy atom. The molecule has 0 fully saturated rings. The van der Waals surface area contributed by atoms with E-state index in [0.29, 0.717) is 12.8 Å². The van der Waals surface area contributed by atoms with Crippen LogP contribution in [0.15, 0.2) is 0 Å². The van der Waals surface area contributed by atoms with Gasteiger partial charge in [-0.3, -0.25) is 9.59 Å². The minimum absolute atomic E-state index is 0.134. The van der Waals surface area contributed by atoms with Gasteiger partial charge < -0.3 is 14.4 Å². The van der Waals surface area contributed by atoms with Crippen molar-refractivity contribution in [3.8, 4) is 0 Å². The maximum absolute atomic E-state index is 12.6. The smallest absolute Gasteiger partial charge is 0.306 e. The summed E-state index contributed by atoms with van der Waals surface area (Å²) >= 11 is 0. The molecule has 0 amide bonds. The van der Waals surface area contributed by atoms with Crippen molar-refractivity contribution >= 4 is 11.9 Å². The highest BCUT2D eigenvalue weighted by atomic mass is 16.6. The minimum Gasteiger partial charge on any atom is -0.462 e. The molecular formula is C40H79NO4. The lowest BCUT2D eigenvalue weighted by atomic mass is 9.90. The monoisotopic (exact) mass is 638 g/mol. The van der Waals surface area contributed by atoms with Crippen molar-refractivity contribution in [1.29, 1.82) is 0 Å². The van der Waals surface area contributed by atoms with Crippen LogP contribution in [0, 0.1) is 5.92 Å². The summed E-state index contributed by atoms with van der Waals surface area (Å²) < 4.78 is 11.5. The fraction of sp³-hybridized carbons (Fsp3) is 0.950. The second kappa shape index (κ2) is 34.2. The first-order chi connectivity index (χ1) is 21.9. The second-order valence-corrected chi connectivity index (χ2v) is 14.2. The van der Waals surface area contributed by atoms with Gasteiger partial charge in [-0.05, 0) is 58.7 Å². The fourth-order valence-electron chi connectivity index (χ4n) is 6.27. The molecule has 0 aliphatic rings. The number of ether oxygens (including phenoxy) is 2. The molecule has 0 N–H and O–H groups in total. The molecule has 0 rings (SSSR count). The van der Waals surface area contributed by atoms with Crippen LogP contribution in [-0.2, 0) is 19.1 Å². The molecule has 5 nitrogen and oxygen atoms in total. The molecule has 5 heteroatoms. The number of unbranched alkanes of at least 4 members (excludes halogenated alkanes) is 18. The molecule has 0 aromatic carbocycles. The number of carbonyl (C=O) groups is 2. The molecule has 0 aliphatic carbocycles. The molecule has 0 aromatic heterocycles. The topological polar surface area (TPSA) is 55.8 Å². The summed E-state index contributed by atoms with van der Waals surface area (Å²) in [5.74, 6) is 0.532. The van der Waals surface area contributed by atoms with Gasteiger partial charge in [0.05, 0.1) is 0 Å². The van der Waals surface area contributed by atoms with Gasteiger partial charge in [0.2, 0.25) is 0 Å². The second-order valence-electron chi connectivity index (χ2n) is 14.2. The first kappa shape index (κ1) is 43.9. The van der Waals surface area contributed by atoms with Crippen LogP contribution in [0.5, 0.6) is 0 Å². The Kier molecular flexibility index (Phi) is 33.4. The van der Waals surface area contributed by atoms with Crippen LogP contribution < -0.4 is 0 Å². The number of nitrogens with zero attached hydrogens (tertiary/aromatic N) is 1. The third-order valence-corrected chi connectivity index (χ3v) is 9.27. The zero-order valence-corrected chi connectivity index (χ0v) is 31.2. The van der Waals surface area contributed by atoms with E-state index in [1.54, 1.807) is 0 Å². The third kappa shape index (κ3) is 32.6. The first-order valence-electron chi connectivity index (χ1n) is 19.9. The van der Waals surface area contributed by atoms with E-state index >= 15 is 0 Å². The summed E-state index contributed by atoms with van der Waals surface area (Å²) in [6.45, 7) is 8.08. The normalized spacial score (nSPS) is 12.2. The quantitative estimate of drug-likeness (QED) is 0.0511. The van der Waals surface area contributed by atoms with Gasteiger partial charge in [-0.1, -0.05) is 162 Å². The van der Waals surface area contributed by atoms with E-state index in [9.17, 15) is 9.59 Å². The van der Waals surface area contributed by atoms with Gasteiger partial charge in [-0.2, -0.15) is 0 Å². The van der Waals surface area contributed by atoms with Crippen LogP contribution in [0.2, 0.25) is 0 Å². The van der Waals surface area contributed by atoms with Crippen LogP contribution in [0.25, 0.3) is 0 Å². The van der Waals surface area contributed by atoms with Crippen molar-refractivity contribution in [2.45, 2.75) is 213 Å². The third-order valence-electron chi connectivity index (χ3n) is 9.27. The van der Waals surface area contributed by atoms with Gasteiger partial charge in [0.1, 0.15) is 12.7 Å². The number of esters is 2. The van der Waals surface area contributed by atoms with Gasteiger partial charge in [-0.15, -0.1) is 0 Å². The van der Waals surface area contributed by atoms with Crippen molar-refractivity contribution in [3.63, 3.8) is 0 Å². The van der Waals surface area contributed by atoms with E-state index in [4.69, 9.17) is 9.47 Å². The maximum Gasteiger partial charge on any atom is 0.306 e. The highest BCUT2D eigenvalue weighted by Gasteiger charge is 2.17.